The van der Waals surface area contributed by atoms with Gasteiger partial charge >= 0.3 is 0 Å². The first-order valence-electron chi connectivity index (χ1n) is 6.51. The normalized spacial score (nSPS) is 20.1. The van der Waals surface area contributed by atoms with Crippen LogP contribution >= 0.6 is 0 Å². The molecule has 0 radical (unpaired) electrons. The SMILES string of the molecule is CC1(C)C(CNC(=O)c2ccc(F)c(N)c2)C1(C)C. The second kappa shape index (κ2) is 4.22. The van der Waals surface area contributed by atoms with E-state index < -0.39 is 5.82 Å². The number of hydrogen-bond donors (Lipinski definition) is 2. The third-order valence-corrected chi connectivity index (χ3v) is 5.04. The Kier molecular flexibility index (Phi) is 3.07. The summed E-state index contributed by atoms with van der Waals surface area (Å²) in [5, 5.41) is 2.90. The van der Waals surface area contributed by atoms with Gasteiger partial charge in [0.1, 0.15) is 5.82 Å². The van der Waals surface area contributed by atoms with Crippen LogP contribution in [-0.4, -0.2) is 12.5 Å². The maximum Gasteiger partial charge on any atom is 0.251 e. The van der Waals surface area contributed by atoms with Gasteiger partial charge in [-0.25, -0.2) is 4.39 Å². The minimum absolute atomic E-state index is 0.000248. The van der Waals surface area contributed by atoms with Crippen molar-refractivity contribution in [1.82, 2.24) is 5.32 Å². The van der Waals surface area contributed by atoms with Crippen LogP contribution in [0.3, 0.4) is 0 Å². The molecular weight excluding hydrogens is 243 g/mol. The summed E-state index contributed by atoms with van der Waals surface area (Å²) in [5.74, 6) is -0.243. The molecule has 1 aromatic rings. The summed E-state index contributed by atoms with van der Waals surface area (Å²) in [6.07, 6.45) is 0. The van der Waals surface area contributed by atoms with Gasteiger partial charge < -0.3 is 11.1 Å². The van der Waals surface area contributed by atoms with Crippen molar-refractivity contribution in [3.05, 3.63) is 29.6 Å². The molecule has 3 N–H and O–H groups in total. The zero-order valence-electron chi connectivity index (χ0n) is 11.9. The van der Waals surface area contributed by atoms with Crippen LogP contribution in [0.25, 0.3) is 0 Å². The molecular formula is C15H21FN2O. The Morgan fingerprint density at radius 3 is 2.37 bits per heavy atom. The van der Waals surface area contributed by atoms with Crippen LogP contribution in [-0.2, 0) is 0 Å². The minimum atomic E-state index is -0.499. The number of hydrogen-bond acceptors (Lipinski definition) is 2. The van der Waals surface area contributed by atoms with E-state index in [0.717, 1.165) is 0 Å². The number of nitrogens with one attached hydrogen (secondary N) is 1. The van der Waals surface area contributed by atoms with Gasteiger partial charge in [0, 0.05) is 12.1 Å². The molecule has 1 amide bonds. The average molecular weight is 264 g/mol. The van der Waals surface area contributed by atoms with Crippen LogP contribution in [0.15, 0.2) is 18.2 Å². The fourth-order valence-corrected chi connectivity index (χ4v) is 2.83. The number of anilines is 1. The van der Waals surface area contributed by atoms with Crippen LogP contribution in [0.2, 0.25) is 0 Å². The first kappa shape index (κ1) is 13.8. The fourth-order valence-electron chi connectivity index (χ4n) is 2.83. The van der Waals surface area contributed by atoms with E-state index >= 15 is 0 Å². The zero-order chi connectivity index (χ0) is 14.4. The molecule has 4 heteroatoms. The Morgan fingerprint density at radius 1 is 1.32 bits per heavy atom. The van der Waals surface area contributed by atoms with E-state index in [2.05, 4.69) is 33.0 Å². The highest BCUT2D eigenvalue weighted by atomic mass is 19.1. The molecule has 1 aliphatic carbocycles. The molecule has 3 nitrogen and oxygen atoms in total. The van der Waals surface area contributed by atoms with E-state index in [1.165, 1.54) is 18.2 Å². The molecule has 19 heavy (non-hydrogen) atoms. The van der Waals surface area contributed by atoms with Crippen LogP contribution < -0.4 is 11.1 Å². The van der Waals surface area contributed by atoms with Gasteiger partial charge in [0.05, 0.1) is 5.69 Å². The molecule has 2 rings (SSSR count). The van der Waals surface area contributed by atoms with E-state index in [1.807, 2.05) is 0 Å². The van der Waals surface area contributed by atoms with Gasteiger partial charge in [0.2, 0.25) is 0 Å². The van der Waals surface area contributed by atoms with Crippen molar-refractivity contribution in [2.75, 3.05) is 12.3 Å². The Morgan fingerprint density at radius 2 is 1.89 bits per heavy atom. The van der Waals surface area contributed by atoms with Crippen molar-refractivity contribution in [3.63, 3.8) is 0 Å². The lowest BCUT2D eigenvalue weighted by Gasteiger charge is -2.07. The van der Waals surface area contributed by atoms with Crippen molar-refractivity contribution in [2.45, 2.75) is 27.7 Å². The number of amides is 1. The van der Waals surface area contributed by atoms with Crippen LogP contribution in [0, 0.1) is 22.6 Å². The highest BCUT2D eigenvalue weighted by Crippen LogP contribution is 2.67. The van der Waals surface area contributed by atoms with Crippen molar-refractivity contribution < 1.29 is 9.18 Å². The van der Waals surface area contributed by atoms with Crippen LogP contribution in [0.5, 0.6) is 0 Å². The summed E-state index contributed by atoms with van der Waals surface area (Å²) >= 11 is 0. The summed E-state index contributed by atoms with van der Waals surface area (Å²) in [4.78, 5) is 12.0. The molecule has 1 saturated carbocycles. The van der Waals surface area contributed by atoms with Crippen molar-refractivity contribution >= 4 is 11.6 Å². The number of halogens is 1. The topological polar surface area (TPSA) is 55.1 Å². The zero-order valence-corrected chi connectivity index (χ0v) is 11.9. The van der Waals surface area contributed by atoms with E-state index in [-0.39, 0.29) is 22.4 Å². The predicted molar refractivity (Wildman–Crippen MR) is 74.2 cm³/mol. The second-order valence-electron chi connectivity index (χ2n) is 6.44. The van der Waals surface area contributed by atoms with Crippen molar-refractivity contribution in [3.8, 4) is 0 Å². The third-order valence-electron chi connectivity index (χ3n) is 5.04. The van der Waals surface area contributed by atoms with Crippen LogP contribution in [0.1, 0.15) is 38.1 Å². The number of carbonyl (C=O) groups is 1. The van der Waals surface area contributed by atoms with Gasteiger partial charge in [-0.2, -0.15) is 0 Å². The van der Waals surface area contributed by atoms with Gasteiger partial charge in [-0.3, -0.25) is 4.79 Å². The summed E-state index contributed by atoms with van der Waals surface area (Å²) in [6.45, 7) is 9.47. The van der Waals surface area contributed by atoms with Crippen molar-refractivity contribution in [2.24, 2.45) is 16.7 Å². The van der Waals surface area contributed by atoms with Crippen LogP contribution in [0.4, 0.5) is 10.1 Å². The quantitative estimate of drug-likeness (QED) is 0.825. The second-order valence-corrected chi connectivity index (χ2v) is 6.44. The molecule has 0 aromatic heterocycles. The summed E-state index contributed by atoms with van der Waals surface area (Å²) in [7, 11) is 0. The monoisotopic (exact) mass is 264 g/mol. The standard InChI is InChI=1S/C15H21FN2O/c1-14(2)12(15(14,3)4)8-18-13(19)9-5-6-10(16)11(17)7-9/h5-7,12H,8,17H2,1-4H3,(H,18,19). The van der Waals surface area contributed by atoms with Crippen molar-refractivity contribution in [1.29, 1.82) is 0 Å². The molecule has 0 atom stereocenters. The molecule has 1 aliphatic rings. The first-order valence-corrected chi connectivity index (χ1v) is 6.51. The Hall–Kier alpha value is -1.58. The minimum Gasteiger partial charge on any atom is -0.396 e. The Labute approximate surface area is 113 Å². The molecule has 0 unspecified atom stereocenters. The smallest absolute Gasteiger partial charge is 0.251 e. The number of carbonyl (C=O) groups excluding carboxylic acids is 1. The Balaban J connectivity index is 1.98. The fraction of sp³-hybridized carbons (Fsp3) is 0.533. The van der Waals surface area contributed by atoms with Gasteiger partial charge in [0.15, 0.2) is 0 Å². The number of benzene rings is 1. The molecule has 1 aromatic carbocycles. The molecule has 1 fully saturated rings. The number of nitrogens with two attached hydrogens (primary N) is 1. The van der Waals surface area contributed by atoms with Gasteiger partial charge in [-0.15, -0.1) is 0 Å². The molecule has 0 bridgehead atoms. The van der Waals surface area contributed by atoms with Gasteiger partial charge in [-0.1, -0.05) is 27.7 Å². The highest BCUT2D eigenvalue weighted by molar-refractivity contribution is 5.95. The lowest BCUT2D eigenvalue weighted by molar-refractivity contribution is 0.0950. The molecule has 0 heterocycles. The molecule has 104 valence electrons. The summed E-state index contributed by atoms with van der Waals surface area (Å²) < 4.78 is 13.0. The lowest BCUT2D eigenvalue weighted by atomic mass is 10.0. The molecule has 0 spiro atoms. The maximum atomic E-state index is 13.0. The lowest BCUT2D eigenvalue weighted by Crippen LogP contribution is -2.27. The highest BCUT2D eigenvalue weighted by Gasteiger charge is 2.64. The number of nitrogen functional groups attached to an aromatic ring is 1. The first-order chi connectivity index (χ1) is 8.68. The van der Waals surface area contributed by atoms with E-state index in [9.17, 15) is 9.18 Å². The Bertz CT molecular complexity index is 509. The third kappa shape index (κ3) is 2.20. The van der Waals surface area contributed by atoms with E-state index in [4.69, 9.17) is 5.73 Å². The van der Waals surface area contributed by atoms with Gasteiger partial charge in [0.25, 0.3) is 5.91 Å². The van der Waals surface area contributed by atoms with E-state index in [1.54, 1.807) is 0 Å². The number of rotatable bonds is 3. The average Bonchev–Trinajstić information content (AvgIpc) is 2.70. The predicted octanol–water partition coefficient (Wildman–Crippen LogP) is 2.82. The largest absolute Gasteiger partial charge is 0.396 e. The molecule has 0 aliphatic heterocycles. The van der Waals surface area contributed by atoms with Gasteiger partial charge in [-0.05, 0) is 34.9 Å². The molecule has 0 saturated heterocycles. The van der Waals surface area contributed by atoms with E-state index in [0.29, 0.717) is 18.0 Å². The maximum absolute atomic E-state index is 13.0. The summed E-state index contributed by atoms with van der Waals surface area (Å²) in [5.41, 5.74) is 6.33. The summed E-state index contributed by atoms with van der Waals surface area (Å²) in [6, 6.07) is 4.04.